The number of nitrogens with two attached hydrogens (primary N) is 1. The van der Waals surface area contributed by atoms with Crippen LogP contribution in [0, 0.1) is 0 Å². The third kappa shape index (κ3) is 5.30. The van der Waals surface area contributed by atoms with E-state index in [1.807, 2.05) is 43.3 Å². The van der Waals surface area contributed by atoms with Crippen LogP contribution < -0.4 is 10.5 Å². The van der Waals surface area contributed by atoms with Gasteiger partial charge < -0.3 is 24.8 Å². The number of amides is 1. The van der Waals surface area contributed by atoms with Crippen LogP contribution in [0.4, 0.5) is 0 Å². The number of aromatic nitrogens is 1. The summed E-state index contributed by atoms with van der Waals surface area (Å²) in [5.74, 6) is 0.177. The summed E-state index contributed by atoms with van der Waals surface area (Å²) in [6.45, 7) is 2.87. The van der Waals surface area contributed by atoms with Crippen molar-refractivity contribution in [1.29, 1.82) is 0 Å². The van der Waals surface area contributed by atoms with E-state index >= 15 is 0 Å². The van der Waals surface area contributed by atoms with E-state index in [2.05, 4.69) is 16.7 Å². The average molecular weight is 430 g/mol. The van der Waals surface area contributed by atoms with Gasteiger partial charge in [-0.15, -0.1) is 0 Å². The Hall–Kier alpha value is -2.60. The van der Waals surface area contributed by atoms with Gasteiger partial charge in [-0.1, -0.05) is 43.3 Å². The van der Waals surface area contributed by atoms with Crippen LogP contribution in [0.3, 0.4) is 0 Å². The Morgan fingerprint density at radius 3 is 2.50 bits per heavy atom. The maximum Gasteiger partial charge on any atom is 0.325 e. The van der Waals surface area contributed by atoms with Gasteiger partial charge in [0.15, 0.2) is 0 Å². The quantitative estimate of drug-likeness (QED) is 0.337. The van der Waals surface area contributed by atoms with Crippen molar-refractivity contribution in [2.24, 2.45) is 5.73 Å². The number of carbonyl (C=O) groups excluding carboxylic acids is 1. The van der Waals surface area contributed by atoms with Gasteiger partial charge in [0.25, 0.3) is 0 Å². The predicted molar refractivity (Wildman–Crippen MR) is 117 cm³/mol. The van der Waals surface area contributed by atoms with Gasteiger partial charge in [-0.3, -0.25) is 9.36 Å². The molecule has 0 fully saturated rings. The van der Waals surface area contributed by atoms with E-state index in [0.717, 1.165) is 34.1 Å². The van der Waals surface area contributed by atoms with Gasteiger partial charge in [0, 0.05) is 17.6 Å². The lowest BCUT2D eigenvalue weighted by atomic mass is 10.0. The molecule has 0 saturated heterocycles. The average Bonchev–Trinajstić information content (AvgIpc) is 2.98. The number of ether oxygens (including phenoxy) is 1. The van der Waals surface area contributed by atoms with Crippen LogP contribution in [0.2, 0.25) is 0 Å². The van der Waals surface area contributed by atoms with E-state index in [1.165, 1.54) is 0 Å². The van der Waals surface area contributed by atoms with Gasteiger partial charge in [0.1, 0.15) is 5.75 Å². The standard InChI is InChI=1S/C22H27N2O5P/c1-2-18-17(14-21(23)25)22-19(24(18)15-16-8-4-3-5-9-16)10-6-11-20(22)29-12-7-13-30(26,27)28/h3-6,8-11H,2,7,12-15H2,1H3,(H2,23,25)(H2,26,27,28). The van der Waals surface area contributed by atoms with Gasteiger partial charge in [-0.25, -0.2) is 0 Å². The van der Waals surface area contributed by atoms with Gasteiger partial charge >= 0.3 is 7.60 Å². The molecule has 4 N–H and O–H groups in total. The number of fused-ring (bicyclic) bond motifs is 1. The molecule has 1 amide bonds. The smallest absolute Gasteiger partial charge is 0.325 e. The minimum atomic E-state index is -4.06. The predicted octanol–water partition coefficient (Wildman–Crippen LogP) is 3.23. The van der Waals surface area contributed by atoms with Crippen molar-refractivity contribution in [2.75, 3.05) is 12.8 Å². The van der Waals surface area contributed by atoms with E-state index in [0.29, 0.717) is 12.3 Å². The highest BCUT2D eigenvalue weighted by molar-refractivity contribution is 7.51. The monoisotopic (exact) mass is 430 g/mol. The molecule has 1 heterocycles. The first-order valence-corrected chi connectivity index (χ1v) is 11.7. The summed E-state index contributed by atoms with van der Waals surface area (Å²) in [6.07, 6.45) is 0.829. The molecule has 3 aromatic rings. The molecule has 0 spiro atoms. The second-order valence-corrected chi connectivity index (χ2v) is 9.01. The Morgan fingerprint density at radius 1 is 1.13 bits per heavy atom. The molecule has 160 valence electrons. The Bertz CT molecular complexity index is 1070. The zero-order valence-electron chi connectivity index (χ0n) is 17.0. The van der Waals surface area contributed by atoms with Crippen molar-refractivity contribution in [3.05, 3.63) is 65.4 Å². The van der Waals surface area contributed by atoms with Crippen LogP contribution in [0.5, 0.6) is 5.75 Å². The molecule has 1 aromatic heterocycles. The number of rotatable bonds is 10. The maximum atomic E-state index is 11.8. The minimum Gasteiger partial charge on any atom is -0.493 e. The summed E-state index contributed by atoms with van der Waals surface area (Å²) in [5, 5.41) is 0.834. The van der Waals surface area contributed by atoms with Crippen molar-refractivity contribution in [3.63, 3.8) is 0 Å². The Morgan fingerprint density at radius 2 is 1.87 bits per heavy atom. The molecule has 2 aromatic carbocycles. The van der Waals surface area contributed by atoms with Crippen LogP contribution in [0.25, 0.3) is 10.9 Å². The van der Waals surface area contributed by atoms with Crippen molar-refractivity contribution in [3.8, 4) is 5.75 Å². The fraction of sp³-hybridized carbons (Fsp3) is 0.318. The third-order valence-corrected chi connectivity index (χ3v) is 5.89. The lowest BCUT2D eigenvalue weighted by Gasteiger charge is -2.11. The molecule has 7 nitrogen and oxygen atoms in total. The second-order valence-electron chi connectivity index (χ2n) is 7.23. The van der Waals surface area contributed by atoms with Gasteiger partial charge in [0.05, 0.1) is 24.7 Å². The highest BCUT2D eigenvalue weighted by Crippen LogP contribution is 2.37. The highest BCUT2D eigenvalue weighted by Gasteiger charge is 2.21. The Labute approximate surface area is 175 Å². The van der Waals surface area contributed by atoms with E-state index in [1.54, 1.807) is 0 Å². The first kappa shape index (κ1) is 22.1. The Kier molecular flexibility index (Phi) is 6.98. The first-order valence-electron chi connectivity index (χ1n) is 9.92. The number of benzene rings is 2. The van der Waals surface area contributed by atoms with Crippen LogP contribution in [-0.4, -0.2) is 33.0 Å². The summed E-state index contributed by atoms with van der Waals surface area (Å²) < 4.78 is 19.2. The molecule has 0 bridgehead atoms. The number of hydrogen-bond donors (Lipinski definition) is 3. The molecule has 0 atom stereocenters. The molecule has 8 heteroatoms. The van der Waals surface area contributed by atoms with Crippen molar-refractivity contribution in [1.82, 2.24) is 4.57 Å². The molecule has 30 heavy (non-hydrogen) atoms. The summed E-state index contributed by atoms with van der Waals surface area (Å²) >= 11 is 0. The molecular weight excluding hydrogens is 403 g/mol. The van der Waals surface area contributed by atoms with E-state index < -0.39 is 13.5 Å². The largest absolute Gasteiger partial charge is 0.493 e. The van der Waals surface area contributed by atoms with Gasteiger partial charge in [-0.2, -0.15) is 0 Å². The SMILES string of the molecule is CCc1c(CC(N)=O)c2c(OCCCP(=O)(O)O)cccc2n1Cc1ccccc1. The van der Waals surface area contributed by atoms with Gasteiger partial charge in [0.2, 0.25) is 5.91 Å². The van der Waals surface area contributed by atoms with Crippen molar-refractivity contribution >= 4 is 24.4 Å². The molecule has 0 saturated carbocycles. The van der Waals surface area contributed by atoms with E-state index in [9.17, 15) is 9.36 Å². The van der Waals surface area contributed by atoms with Crippen LogP contribution in [0.15, 0.2) is 48.5 Å². The number of carbonyl (C=O) groups is 1. The fourth-order valence-corrected chi connectivity index (χ4v) is 4.33. The van der Waals surface area contributed by atoms with E-state index in [-0.39, 0.29) is 25.6 Å². The summed E-state index contributed by atoms with van der Waals surface area (Å²) in [6, 6.07) is 15.8. The zero-order chi connectivity index (χ0) is 21.7. The van der Waals surface area contributed by atoms with E-state index in [4.69, 9.17) is 20.3 Å². The summed E-state index contributed by atoms with van der Waals surface area (Å²) in [5.41, 5.74) is 9.51. The number of hydrogen-bond acceptors (Lipinski definition) is 3. The molecule has 0 aliphatic rings. The molecule has 0 unspecified atom stereocenters. The zero-order valence-corrected chi connectivity index (χ0v) is 17.8. The minimum absolute atomic E-state index is 0.102. The first-order chi connectivity index (χ1) is 14.3. The number of nitrogens with zero attached hydrogens (tertiary/aromatic N) is 1. The van der Waals surface area contributed by atoms with Crippen molar-refractivity contribution in [2.45, 2.75) is 32.7 Å². The normalized spacial score (nSPS) is 11.7. The van der Waals surface area contributed by atoms with Gasteiger partial charge in [-0.05, 0) is 36.1 Å². The maximum absolute atomic E-state index is 11.8. The molecule has 0 aliphatic heterocycles. The highest BCUT2D eigenvalue weighted by atomic mass is 31.2. The Balaban J connectivity index is 2.04. The third-order valence-electron chi connectivity index (χ3n) is 4.99. The molecule has 0 aliphatic carbocycles. The van der Waals surface area contributed by atoms with Crippen LogP contribution >= 0.6 is 7.60 Å². The fourth-order valence-electron chi connectivity index (χ4n) is 3.79. The topological polar surface area (TPSA) is 115 Å². The molecular formula is C22H27N2O5P. The van der Waals surface area contributed by atoms with Crippen molar-refractivity contribution < 1.29 is 23.9 Å². The summed E-state index contributed by atoms with van der Waals surface area (Å²) in [4.78, 5) is 29.9. The summed E-state index contributed by atoms with van der Waals surface area (Å²) in [7, 11) is -4.06. The lowest BCUT2D eigenvalue weighted by Crippen LogP contribution is -2.15. The number of primary amides is 1. The second kappa shape index (κ2) is 9.47. The lowest BCUT2D eigenvalue weighted by molar-refractivity contribution is -0.117. The molecule has 3 rings (SSSR count). The molecule has 0 radical (unpaired) electrons. The van der Waals surface area contributed by atoms with Crippen LogP contribution in [0.1, 0.15) is 30.2 Å². The van der Waals surface area contributed by atoms with Crippen LogP contribution in [-0.2, 0) is 28.7 Å².